The molecule has 0 unspecified atom stereocenters. The molecule has 5 fully saturated rings. The van der Waals surface area contributed by atoms with Gasteiger partial charge in [-0.1, -0.05) is 69.8 Å². The third-order valence-electron chi connectivity index (χ3n) is 22.0. The number of hydrogen-bond donors (Lipinski definition) is 19. The van der Waals surface area contributed by atoms with E-state index in [-0.39, 0.29) is 103 Å². The van der Waals surface area contributed by atoms with Gasteiger partial charge in [-0.25, -0.2) is 0 Å². The Hall–Kier alpha value is -9.41. The lowest BCUT2D eigenvalue weighted by Crippen LogP contribution is -2.60. The Morgan fingerprint density at radius 2 is 1.31 bits per heavy atom. The number of nitrogens with one attached hydrogen (secondary N) is 9. The summed E-state index contributed by atoms with van der Waals surface area (Å²) in [5, 5.41) is 131. The van der Waals surface area contributed by atoms with Gasteiger partial charge in [0.05, 0.1) is 29.7 Å². The number of nitrogens with two attached hydrogens (primary N) is 1. The summed E-state index contributed by atoms with van der Waals surface area (Å²) in [5.74, 6) is -12.0. The lowest BCUT2D eigenvalue weighted by Gasteiger charge is -2.54. The maximum atomic E-state index is 16.3. The third kappa shape index (κ3) is 16.9. The molecule has 5 aromatic carbocycles. The van der Waals surface area contributed by atoms with Gasteiger partial charge >= 0.3 is 0 Å². The predicted molar refractivity (Wildman–Crippen MR) is 390 cm³/mol. The fourth-order valence-corrected chi connectivity index (χ4v) is 16.7. The summed E-state index contributed by atoms with van der Waals surface area (Å²) >= 11 is 7.17. The van der Waals surface area contributed by atoms with Crippen LogP contribution in [0.1, 0.15) is 161 Å². The second kappa shape index (κ2) is 33.4. The van der Waals surface area contributed by atoms with Crippen molar-refractivity contribution >= 4 is 58.9 Å². The molecule has 5 aromatic rings. The van der Waals surface area contributed by atoms with Crippen molar-refractivity contribution in [1.82, 2.24) is 47.9 Å². The number of benzene rings is 5. The minimum atomic E-state index is -2.27. The lowest BCUT2D eigenvalue weighted by molar-refractivity contribution is -0.277. The average molecular weight is 1530 g/mol. The summed E-state index contributed by atoms with van der Waals surface area (Å²) in [6, 6.07) is 0.744. The van der Waals surface area contributed by atoms with Crippen LogP contribution in [0.5, 0.6) is 46.0 Å². The Morgan fingerprint density at radius 3 is 1.95 bits per heavy atom. The molecular weight excluding hydrogens is 1440 g/mol. The molecule has 4 aliphatic carbocycles. The number of aryl methyl sites for hydroxylation is 1. The minimum absolute atomic E-state index is 0.00440. The van der Waals surface area contributed by atoms with Crippen molar-refractivity contribution in [3.63, 3.8) is 0 Å². The summed E-state index contributed by atoms with van der Waals surface area (Å²) < 4.78 is 25.6. The number of hydrogen-bond acceptors (Lipinski definition) is 23. The number of rotatable bonds is 19. The first-order valence-electron chi connectivity index (χ1n) is 37.0. The van der Waals surface area contributed by atoms with E-state index in [9.17, 15) is 60.3 Å². The number of fused-ring (bicyclic) bond motifs is 15. The van der Waals surface area contributed by atoms with Gasteiger partial charge in [-0.2, -0.15) is 0 Å². The van der Waals surface area contributed by atoms with Crippen LogP contribution >= 0.6 is 11.6 Å². The summed E-state index contributed by atoms with van der Waals surface area (Å²) in [6.07, 6.45) is -6.53. The molecule has 32 heteroatoms. The number of likely N-dealkylation sites (N-methyl/N-ethyl adjacent to an activating group) is 1. The van der Waals surface area contributed by atoms with Crippen LogP contribution in [0.25, 0.3) is 11.1 Å². The van der Waals surface area contributed by atoms with Crippen LogP contribution in [-0.4, -0.2) is 174 Å². The Morgan fingerprint density at radius 1 is 0.670 bits per heavy atom. The lowest BCUT2D eigenvalue weighted by atomic mass is 9.54. The molecule has 20 N–H and O–H groups in total. The average Bonchev–Trinajstić information content (AvgIpc) is 0.755. The number of aliphatic hydroxyl groups excluding tert-OH is 6. The summed E-state index contributed by atoms with van der Waals surface area (Å²) in [4.78, 5) is 121. The monoisotopic (exact) mass is 1530 g/mol. The van der Waals surface area contributed by atoms with Gasteiger partial charge < -0.3 is 118 Å². The number of aliphatic hydroxyl groups is 6. The number of unbranched alkanes of at least 4 members (excludes halogenated alkanes) is 3. The molecule has 6 heterocycles. The molecule has 6 aliphatic heterocycles. The number of carbonyl (C=O) groups excluding carboxylic acids is 8. The topological polar surface area (TPSA) is 490 Å². The van der Waals surface area contributed by atoms with Crippen LogP contribution in [0, 0.1) is 36.5 Å². The predicted octanol–water partition coefficient (Wildman–Crippen LogP) is 3.05. The van der Waals surface area contributed by atoms with Crippen molar-refractivity contribution in [2.24, 2.45) is 35.3 Å². The standard InChI is InChI=1S/C77H95ClN10O21/c1-6-7-8-9-16-81-30-44-49(91)28-43-56(65(44)95)42-24-36(10-13-48(42)90)58-72(101)88-62(76(105)86-60(43)74(103)83-57-39-20-34-19-35(22-39)23-40(57)21-34)64(94)38-12-15-51(45(78)25-38)107-53-27-41-26-52(69(53)109-77-68(98)67(97)66(96)54(31-89)108-77)106-50-14-11-37(18-33(50)4)63(93)61(87-70(99)46(80-5)17-32(2)3)75(104)82-47(29-55(79)92)71(100)84-59(41)73(102)85-58/h10-15,18,24-28,32,34-35,39-40,46-47,54,57-64,66-68,77,80-81,89-91,93-98H,6-9,16-17,19-23,29-31H2,1-5H3,(H2,79,92)(H,82,104)(H,83,103)(H,84,100)(H,85,102)(H,86,105)(H,87,99)(H,88,101)/t34?,35?,39?,40?,46-,47+,54-,57?,58-,59-,60+,61-,62+,63-,64-,66-,67+,68-,77+/m1/s1. The van der Waals surface area contributed by atoms with Gasteiger partial charge in [0, 0.05) is 23.7 Å². The number of halogens is 1. The summed E-state index contributed by atoms with van der Waals surface area (Å²) in [6.45, 7) is 6.63. The highest BCUT2D eigenvalue weighted by molar-refractivity contribution is 6.32. The maximum Gasteiger partial charge on any atom is 0.248 e. The van der Waals surface area contributed by atoms with Gasteiger partial charge in [-0.05, 0) is 183 Å². The Labute approximate surface area is 632 Å². The molecule has 31 nitrogen and oxygen atoms in total. The molecule has 8 amide bonds. The second-order valence-corrected chi connectivity index (χ2v) is 30.5. The van der Waals surface area contributed by atoms with Crippen LogP contribution < -0.4 is 67.8 Å². The van der Waals surface area contributed by atoms with Crippen LogP contribution in [0.3, 0.4) is 0 Å². The van der Waals surface area contributed by atoms with Crippen LogP contribution in [0.2, 0.25) is 5.02 Å². The molecule has 586 valence electrons. The van der Waals surface area contributed by atoms with Crippen molar-refractivity contribution in [1.29, 1.82) is 0 Å². The van der Waals surface area contributed by atoms with E-state index in [1.807, 2.05) is 13.8 Å². The SMILES string of the molecule is CCCCCCNCc1c(O)cc2c(c1O)-c1cc(ccc1O)[C@H]1NC(=O)[C@@H]3NC(=O)[C@H](CC(N)=O)NC(=O)[C@H](NC(=O)[C@@H](CC(C)C)NC)[C@H](O)c4ccc(c(C)c4)Oc4cc3cc(c4O[C@@H]3O[C@H](CO)[C@@H](O)[C@H](O)[C@H]3O)Oc3ccc(cc3Cl)[C@@H](O)[C@H](NC1=O)C(=O)N[C@@H]2C(=O)NC1C2CC3CC(C2)CC1C3. The van der Waals surface area contributed by atoms with Gasteiger partial charge in [0.25, 0.3) is 0 Å². The van der Waals surface area contributed by atoms with Gasteiger partial charge in [0.1, 0.15) is 102 Å². The molecule has 15 rings (SSSR count). The summed E-state index contributed by atoms with van der Waals surface area (Å²) in [5.41, 5.74) is 4.21. The van der Waals surface area contributed by atoms with Crippen molar-refractivity contribution < 1.29 is 103 Å². The van der Waals surface area contributed by atoms with E-state index in [0.29, 0.717) is 18.4 Å². The normalized spacial score (nSPS) is 28.9. The first-order valence-corrected chi connectivity index (χ1v) is 37.4. The van der Waals surface area contributed by atoms with Gasteiger partial charge in [-0.15, -0.1) is 0 Å². The number of phenols is 3. The zero-order valence-electron chi connectivity index (χ0n) is 60.8. The number of phenolic OH excluding ortho intramolecular Hbond substituents is 3. The van der Waals surface area contributed by atoms with E-state index in [4.69, 9.17) is 36.3 Å². The summed E-state index contributed by atoms with van der Waals surface area (Å²) in [7, 11) is 1.51. The molecule has 0 spiro atoms. The number of primary amides is 1. The molecule has 14 atom stereocenters. The largest absolute Gasteiger partial charge is 0.507 e. The molecule has 4 saturated carbocycles. The van der Waals surface area contributed by atoms with E-state index in [1.165, 1.54) is 62.5 Å². The Balaban J connectivity index is 1.07. The smallest absolute Gasteiger partial charge is 0.248 e. The van der Waals surface area contributed by atoms with E-state index >= 15 is 24.0 Å². The van der Waals surface area contributed by atoms with Crippen molar-refractivity contribution in [2.45, 2.75) is 196 Å². The molecule has 0 radical (unpaired) electrons. The van der Waals surface area contributed by atoms with E-state index in [0.717, 1.165) is 82.1 Å². The highest BCUT2D eigenvalue weighted by atomic mass is 35.5. The van der Waals surface area contributed by atoms with Crippen LogP contribution in [0.15, 0.2) is 72.8 Å². The molecule has 109 heavy (non-hydrogen) atoms. The fraction of sp³-hybridized carbons (Fsp3) is 0.506. The second-order valence-electron chi connectivity index (χ2n) is 30.1. The van der Waals surface area contributed by atoms with Gasteiger partial charge in [-0.3, -0.25) is 38.4 Å². The number of ether oxygens (including phenoxy) is 4. The number of aromatic hydroxyl groups is 3. The zero-order valence-corrected chi connectivity index (χ0v) is 61.5. The third-order valence-corrected chi connectivity index (χ3v) is 22.3. The quantitative estimate of drug-likeness (QED) is 0.0528. The van der Waals surface area contributed by atoms with Crippen LogP contribution in [0.4, 0.5) is 0 Å². The number of amides is 8. The number of carbonyl (C=O) groups is 8. The highest BCUT2D eigenvalue weighted by Crippen LogP contribution is 2.55. The zero-order chi connectivity index (χ0) is 78.1. The first-order chi connectivity index (χ1) is 52.0. The molecule has 10 aliphatic rings. The molecule has 15 bridgehead atoms. The molecular formula is C77H95ClN10O21. The van der Waals surface area contributed by atoms with Crippen molar-refractivity contribution in [2.75, 3.05) is 20.2 Å². The maximum absolute atomic E-state index is 16.3. The Bertz CT molecular complexity index is 4290. The van der Waals surface area contributed by atoms with E-state index in [2.05, 4.69) is 54.8 Å². The Kier molecular flexibility index (Phi) is 24.3. The van der Waals surface area contributed by atoms with Crippen LogP contribution in [-0.2, 0) is 49.6 Å². The van der Waals surface area contributed by atoms with Crippen molar-refractivity contribution in [3.8, 4) is 57.1 Å². The van der Waals surface area contributed by atoms with Gasteiger partial charge in [0.2, 0.25) is 59.3 Å². The molecule has 0 aromatic heterocycles. The van der Waals surface area contributed by atoms with Crippen molar-refractivity contribution in [3.05, 3.63) is 117 Å². The van der Waals surface area contributed by atoms with Gasteiger partial charge in [0.15, 0.2) is 11.5 Å². The minimum Gasteiger partial charge on any atom is -0.507 e. The fourth-order valence-electron chi connectivity index (χ4n) is 16.5. The van der Waals surface area contributed by atoms with E-state index < -0.39 is 180 Å². The first kappa shape index (κ1) is 79.1. The highest BCUT2D eigenvalue weighted by Gasteiger charge is 2.51. The molecule has 1 saturated heterocycles. The van der Waals surface area contributed by atoms with E-state index in [1.54, 1.807) is 0 Å².